The van der Waals surface area contributed by atoms with Gasteiger partial charge in [-0.3, -0.25) is 14.4 Å². The van der Waals surface area contributed by atoms with E-state index in [-0.39, 0.29) is 42.5 Å². The van der Waals surface area contributed by atoms with Gasteiger partial charge in [-0.05, 0) is 30.0 Å². The van der Waals surface area contributed by atoms with Crippen LogP contribution in [0.1, 0.15) is 29.4 Å². The molecule has 0 unspecified atom stereocenters. The van der Waals surface area contributed by atoms with Gasteiger partial charge in [0.15, 0.2) is 12.3 Å². The molecule has 1 aliphatic heterocycles. The van der Waals surface area contributed by atoms with Crippen LogP contribution in [0.3, 0.4) is 0 Å². The van der Waals surface area contributed by atoms with E-state index in [1.54, 1.807) is 18.3 Å². The van der Waals surface area contributed by atoms with Gasteiger partial charge < -0.3 is 25.7 Å². The highest BCUT2D eigenvalue weighted by Gasteiger charge is 2.39. The molecule has 3 heterocycles. The summed E-state index contributed by atoms with van der Waals surface area (Å²) in [5.41, 5.74) is 3.00. The maximum Gasteiger partial charge on any atom is 0.272 e. The van der Waals surface area contributed by atoms with Crippen molar-refractivity contribution in [3.05, 3.63) is 42.0 Å². The Morgan fingerprint density at radius 3 is 2.94 bits per heavy atom. The molecule has 10 nitrogen and oxygen atoms in total. The molecule has 3 amide bonds. The van der Waals surface area contributed by atoms with Crippen LogP contribution in [0.25, 0.3) is 11.0 Å². The molecule has 158 valence electrons. The fraction of sp³-hybridized carbons (Fsp3) is 0.286. The number of aromatic nitrogens is 3. The van der Waals surface area contributed by atoms with E-state index in [2.05, 4.69) is 30.9 Å². The number of aromatic amines is 1. The third kappa shape index (κ3) is 3.67. The highest BCUT2D eigenvalue weighted by atomic mass is 16.5. The van der Waals surface area contributed by atoms with Gasteiger partial charge in [-0.1, -0.05) is 13.0 Å². The molecule has 3 aromatic rings. The zero-order valence-corrected chi connectivity index (χ0v) is 16.7. The van der Waals surface area contributed by atoms with Crippen LogP contribution in [0.4, 0.5) is 11.4 Å². The van der Waals surface area contributed by atoms with Crippen molar-refractivity contribution in [3.8, 4) is 5.75 Å². The Bertz CT molecular complexity index is 1220. The van der Waals surface area contributed by atoms with Gasteiger partial charge in [-0.2, -0.15) is 0 Å². The van der Waals surface area contributed by atoms with Crippen molar-refractivity contribution in [2.75, 3.05) is 17.2 Å². The maximum absolute atomic E-state index is 12.8. The van der Waals surface area contributed by atoms with E-state index < -0.39 is 0 Å². The number of anilines is 2. The summed E-state index contributed by atoms with van der Waals surface area (Å²) in [7, 11) is 0. The Morgan fingerprint density at radius 2 is 2.13 bits per heavy atom. The molecular weight excluding hydrogens is 400 g/mol. The van der Waals surface area contributed by atoms with E-state index in [9.17, 15) is 14.4 Å². The summed E-state index contributed by atoms with van der Waals surface area (Å²) in [6.45, 7) is 2.26. The number of hydrogen-bond acceptors (Lipinski definition) is 6. The standard InChI is InChI=1S/C21H20N6O4/c1-10-4-12(10)20(29)27-14-7-22-18-17(14)24-9-25-19(18)21(30)23-6-11-2-3-15-13(5-11)26-16(28)8-31-15/h2-3,5,7,9-10,12,22H,4,6,8H2,1H3,(H,23,30)(H,26,28)(H,27,29)/t10-,12+/m0/s1. The summed E-state index contributed by atoms with van der Waals surface area (Å²) in [5, 5.41) is 8.44. The van der Waals surface area contributed by atoms with Crippen LogP contribution in [0.15, 0.2) is 30.7 Å². The second kappa shape index (κ2) is 7.38. The smallest absolute Gasteiger partial charge is 0.272 e. The van der Waals surface area contributed by atoms with Crippen molar-refractivity contribution in [2.45, 2.75) is 19.9 Å². The number of nitrogens with one attached hydrogen (secondary N) is 4. The van der Waals surface area contributed by atoms with Crippen LogP contribution in [0.2, 0.25) is 0 Å². The number of H-pyrrole nitrogens is 1. The molecular formula is C21H20N6O4. The summed E-state index contributed by atoms with van der Waals surface area (Å²) in [6, 6.07) is 5.32. The number of rotatable bonds is 5. The zero-order chi connectivity index (χ0) is 21.5. The third-order valence-electron chi connectivity index (χ3n) is 5.51. The molecule has 1 fully saturated rings. The molecule has 2 atom stereocenters. The molecule has 1 aromatic carbocycles. The highest BCUT2D eigenvalue weighted by Crippen LogP contribution is 2.39. The first-order valence-corrected chi connectivity index (χ1v) is 9.96. The van der Waals surface area contributed by atoms with E-state index in [1.165, 1.54) is 6.33 Å². The van der Waals surface area contributed by atoms with Crippen molar-refractivity contribution >= 4 is 40.1 Å². The van der Waals surface area contributed by atoms with E-state index >= 15 is 0 Å². The summed E-state index contributed by atoms with van der Waals surface area (Å²) >= 11 is 0. The Balaban J connectivity index is 1.30. The maximum atomic E-state index is 12.8. The molecule has 4 N–H and O–H groups in total. The molecule has 1 saturated carbocycles. The average molecular weight is 420 g/mol. The molecule has 0 radical (unpaired) electrons. The predicted molar refractivity (Wildman–Crippen MR) is 112 cm³/mol. The number of carbonyl (C=O) groups excluding carboxylic acids is 3. The zero-order valence-electron chi connectivity index (χ0n) is 16.7. The highest BCUT2D eigenvalue weighted by molar-refractivity contribution is 6.08. The lowest BCUT2D eigenvalue weighted by atomic mass is 10.1. The van der Waals surface area contributed by atoms with E-state index in [4.69, 9.17) is 4.74 Å². The molecule has 31 heavy (non-hydrogen) atoms. The monoisotopic (exact) mass is 420 g/mol. The van der Waals surface area contributed by atoms with Crippen molar-refractivity contribution in [1.29, 1.82) is 0 Å². The van der Waals surface area contributed by atoms with Crippen molar-refractivity contribution in [2.24, 2.45) is 11.8 Å². The van der Waals surface area contributed by atoms with Crippen LogP contribution >= 0.6 is 0 Å². The number of fused-ring (bicyclic) bond motifs is 2. The van der Waals surface area contributed by atoms with Crippen LogP contribution < -0.4 is 20.7 Å². The minimum absolute atomic E-state index is 0.00886. The largest absolute Gasteiger partial charge is 0.482 e. The lowest BCUT2D eigenvalue weighted by molar-refractivity contribution is -0.119. The summed E-state index contributed by atoms with van der Waals surface area (Å²) in [4.78, 5) is 47.8. The van der Waals surface area contributed by atoms with E-state index in [1.807, 2.05) is 13.0 Å². The molecule has 2 aliphatic rings. The molecule has 2 aromatic heterocycles. The van der Waals surface area contributed by atoms with E-state index in [0.717, 1.165) is 12.0 Å². The van der Waals surface area contributed by atoms with Crippen LogP contribution in [-0.2, 0) is 16.1 Å². The van der Waals surface area contributed by atoms with Crippen molar-refractivity contribution in [3.63, 3.8) is 0 Å². The van der Waals surface area contributed by atoms with Gasteiger partial charge in [0.2, 0.25) is 5.91 Å². The topological polar surface area (TPSA) is 138 Å². The van der Waals surface area contributed by atoms with Crippen molar-refractivity contribution in [1.82, 2.24) is 20.3 Å². The van der Waals surface area contributed by atoms with Gasteiger partial charge >= 0.3 is 0 Å². The first-order chi connectivity index (χ1) is 15.0. The predicted octanol–water partition coefficient (Wildman–Crippen LogP) is 1.81. The van der Waals surface area contributed by atoms with E-state index in [0.29, 0.717) is 34.1 Å². The van der Waals surface area contributed by atoms with Crippen LogP contribution in [-0.4, -0.2) is 39.3 Å². The Hall–Kier alpha value is -3.95. The quantitative estimate of drug-likeness (QED) is 0.497. The van der Waals surface area contributed by atoms with Crippen LogP contribution in [0, 0.1) is 11.8 Å². The molecule has 10 heteroatoms. The minimum atomic E-state index is -0.388. The van der Waals surface area contributed by atoms with Gasteiger partial charge in [0.1, 0.15) is 17.6 Å². The molecule has 0 saturated heterocycles. The number of amides is 3. The Morgan fingerprint density at radius 1 is 1.29 bits per heavy atom. The molecule has 1 aliphatic carbocycles. The normalized spacial score (nSPS) is 19.2. The van der Waals surface area contributed by atoms with Gasteiger partial charge in [0, 0.05) is 18.7 Å². The fourth-order valence-electron chi connectivity index (χ4n) is 3.63. The lowest BCUT2D eigenvalue weighted by Crippen LogP contribution is -2.26. The average Bonchev–Trinajstić information content (AvgIpc) is 3.37. The van der Waals surface area contributed by atoms with Gasteiger partial charge in [0.25, 0.3) is 11.8 Å². The van der Waals surface area contributed by atoms with Gasteiger partial charge in [-0.15, -0.1) is 0 Å². The molecule has 0 spiro atoms. The summed E-state index contributed by atoms with van der Waals surface area (Å²) in [5.74, 6) is 0.366. The number of hydrogen-bond donors (Lipinski definition) is 4. The molecule has 0 bridgehead atoms. The summed E-state index contributed by atoms with van der Waals surface area (Å²) in [6.07, 6.45) is 3.80. The first-order valence-electron chi connectivity index (χ1n) is 9.96. The Kier molecular flexibility index (Phi) is 4.54. The Labute approximate surface area is 176 Å². The number of benzene rings is 1. The molecule has 5 rings (SSSR count). The number of ether oxygens (including phenoxy) is 1. The number of nitrogens with zero attached hydrogens (tertiary/aromatic N) is 2. The van der Waals surface area contributed by atoms with Gasteiger partial charge in [0.05, 0.1) is 16.9 Å². The van der Waals surface area contributed by atoms with Gasteiger partial charge in [-0.25, -0.2) is 9.97 Å². The number of carbonyl (C=O) groups is 3. The minimum Gasteiger partial charge on any atom is -0.482 e. The van der Waals surface area contributed by atoms with Crippen molar-refractivity contribution < 1.29 is 19.1 Å². The second-order valence-corrected chi connectivity index (χ2v) is 7.81. The SMILES string of the molecule is C[C@H]1C[C@H]1C(=O)Nc1c[nH]c2c(C(=O)NCc3ccc4c(c3)NC(=O)CO4)ncnc12. The second-order valence-electron chi connectivity index (χ2n) is 7.81. The fourth-order valence-corrected chi connectivity index (χ4v) is 3.63. The lowest BCUT2D eigenvalue weighted by Gasteiger charge is -2.18. The first kappa shape index (κ1) is 19.0. The summed E-state index contributed by atoms with van der Waals surface area (Å²) < 4.78 is 5.34. The van der Waals surface area contributed by atoms with Crippen LogP contribution in [0.5, 0.6) is 5.75 Å². The third-order valence-corrected chi connectivity index (χ3v) is 5.51.